The molecule has 0 rings (SSSR count). The Hall–Kier alpha value is 0.300. The third kappa shape index (κ3) is 6.42. The molecule has 0 aromatic rings. The van der Waals surface area contributed by atoms with Gasteiger partial charge in [-0.1, -0.05) is 0 Å². The molecule has 0 fully saturated rings. The first-order chi connectivity index (χ1) is 4.45. The topological polar surface area (TPSA) is 110 Å². The molecule has 0 aliphatic rings. The lowest BCUT2D eigenvalue weighted by molar-refractivity contribution is 0.337. The SMILES string of the molecule is NCO[PH](=O)CP(=O)(O)O. The Bertz CT molecular complexity index is 163. The predicted molar refractivity (Wildman–Crippen MR) is 36.1 cm³/mol. The van der Waals surface area contributed by atoms with Crippen LogP contribution in [0.25, 0.3) is 0 Å². The summed E-state index contributed by atoms with van der Waals surface area (Å²) in [7, 11) is -6.84. The summed E-state index contributed by atoms with van der Waals surface area (Å²) in [5, 5.41) is 0. The van der Waals surface area contributed by atoms with E-state index in [4.69, 9.17) is 15.5 Å². The number of nitrogens with two attached hydrogens (primary N) is 1. The third-order valence-electron chi connectivity index (χ3n) is 0.579. The van der Waals surface area contributed by atoms with E-state index in [9.17, 15) is 9.13 Å². The van der Waals surface area contributed by atoms with Gasteiger partial charge in [0.2, 0.25) is 8.03 Å². The second-order valence-corrected chi connectivity index (χ2v) is 5.13. The van der Waals surface area contributed by atoms with Crippen LogP contribution in [0.4, 0.5) is 0 Å². The van der Waals surface area contributed by atoms with E-state index in [-0.39, 0.29) is 6.73 Å². The van der Waals surface area contributed by atoms with Gasteiger partial charge in [0.15, 0.2) is 0 Å². The van der Waals surface area contributed by atoms with Crippen molar-refractivity contribution < 1.29 is 23.4 Å². The molecule has 0 aliphatic heterocycles. The lowest BCUT2D eigenvalue weighted by Gasteiger charge is -2.02. The Morgan fingerprint density at radius 2 is 2.10 bits per heavy atom. The number of rotatable bonds is 4. The average Bonchev–Trinajstić information content (AvgIpc) is 1.59. The fraction of sp³-hybridized carbons (Fsp3) is 1.00. The second kappa shape index (κ2) is 4.23. The van der Waals surface area contributed by atoms with Crippen molar-refractivity contribution in [2.75, 3.05) is 12.6 Å². The molecule has 0 heterocycles. The van der Waals surface area contributed by atoms with Gasteiger partial charge in [-0.25, -0.2) is 0 Å². The van der Waals surface area contributed by atoms with Gasteiger partial charge in [0.1, 0.15) is 12.6 Å². The van der Waals surface area contributed by atoms with Crippen molar-refractivity contribution in [2.24, 2.45) is 5.73 Å². The van der Waals surface area contributed by atoms with Crippen LogP contribution in [0.15, 0.2) is 0 Å². The van der Waals surface area contributed by atoms with Crippen LogP contribution in [0.2, 0.25) is 0 Å². The minimum Gasteiger partial charge on any atom is -0.324 e. The predicted octanol–water partition coefficient (Wildman–Crippen LogP) is -0.471. The van der Waals surface area contributed by atoms with Crippen LogP contribution in [-0.4, -0.2) is 22.4 Å². The Morgan fingerprint density at radius 3 is 2.40 bits per heavy atom. The molecular weight excluding hydrogens is 180 g/mol. The van der Waals surface area contributed by atoms with Crippen LogP contribution < -0.4 is 5.73 Å². The van der Waals surface area contributed by atoms with Crippen molar-refractivity contribution >= 4 is 15.6 Å². The van der Waals surface area contributed by atoms with E-state index in [1.807, 2.05) is 0 Å². The standard InChI is InChI=1S/C2H9NO5P2/c3-1-8-9(4)2-10(5,6)7/h9H,1-3H2,(H2,5,6,7). The highest BCUT2D eigenvalue weighted by atomic mass is 31.2. The van der Waals surface area contributed by atoms with Gasteiger partial charge in [0.05, 0.1) is 0 Å². The highest BCUT2D eigenvalue weighted by molar-refractivity contribution is 7.64. The minimum atomic E-state index is -4.20. The summed E-state index contributed by atoms with van der Waals surface area (Å²) in [6.45, 7) is -0.280. The van der Waals surface area contributed by atoms with Crippen LogP contribution in [0.3, 0.4) is 0 Å². The van der Waals surface area contributed by atoms with Crippen molar-refractivity contribution in [2.45, 2.75) is 0 Å². The normalized spacial score (nSPS) is 15.1. The summed E-state index contributed by atoms with van der Waals surface area (Å²) in [6, 6.07) is 0. The molecule has 0 aromatic heterocycles. The van der Waals surface area contributed by atoms with Crippen LogP contribution in [0.5, 0.6) is 0 Å². The molecule has 0 saturated carbocycles. The van der Waals surface area contributed by atoms with Gasteiger partial charge in [-0.05, 0) is 0 Å². The Balaban J connectivity index is 3.70. The highest BCUT2D eigenvalue weighted by Gasteiger charge is 2.17. The molecule has 6 nitrogen and oxygen atoms in total. The van der Waals surface area contributed by atoms with Gasteiger partial charge in [0, 0.05) is 0 Å². The van der Waals surface area contributed by atoms with E-state index in [1.54, 1.807) is 0 Å². The van der Waals surface area contributed by atoms with Crippen LogP contribution in [0.1, 0.15) is 0 Å². The van der Waals surface area contributed by atoms with Crippen molar-refractivity contribution in [3.63, 3.8) is 0 Å². The molecule has 0 spiro atoms. The van der Waals surface area contributed by atoms with Crippen molar-refractivity contribution in [1.29, 1.82) is 0 Å². The van der Waals surface area contributed by atoms with E-state index in [2.05, 4.69) is 4.52 Å². The van der Waals surface area contributed by atoms with E-state index in [1.165, 1.54) is 0 Å². The first-order valence-electron chi connectivity index (χ1n) is 2.36. The van der Waals surface area contributed by atoms with Crippen LogP contribution in [-0.2, 0) is 13.7 Å². The molecule has 10 heavy (non-hydrogen) atoms. The fourth-order valence-corrected chi connectivity index (χ4v) is 2.20. The Kier molecular flexibility index (Phi) is 4.36. The second-order valence-electron chi connectivity index (χ2n) is 1.51. The zero-order chi connectivity index (χ0) is 8.20. The molecule has 1 atom stereocenters. The van der Waals surface area contributed by atoms with Crippen molar-refractivity contribution in [3.05, 3.63) is 0 Å². The van der Waals surface area contributed by atoms with Gasteiger partial charge in [0.25, 0.3) is 0 Å². The zero-order valence-electron chi connectivity index (χ0n) is 5.06. The maximum absolute atomic E-state index is 10.4. The maximum atomic E-state index is 10.4. The lowest BCUT2D eigenvalue weighted by Crippen LogP contribution is -1.99. The molecule has 0 radical (unpaired) electrons. The Morgan fingerprint density at radius 1 is 1.60 bits per heavy atom. The van der Waals surface area contributed by atoms with Gasteiger partial charge in [-0.3, -0.25) is 9.13 Å². The summed E-state index contributed by atoms with van der Waals surface area (Å²) < 4.78 is 24.8. The van der Waals surface area contributed by atoms with E-state index < -0.39 is 21.5 Å². The molecule has 62 valence electrons. The zero-order valence-corrected chi connectivity index (χ0v) is 6.95. The first kappa shape index (κ1) is 10.3. The summed E-state index contributed by atoms with van der Waals surface area (Å²) in [5.74, 6) is -0.727. The van der Waals surface area contributed by atoms with Gasteiger partial charge in [-0.2, -0.15) is 0 Å². The number of hydrogen-bond donors (Lipinski definition) is 3. The van der Waals surface area contributed by atoms with Crippen molar-refractivity contribution in [3.8, 4) is 0 Å². The fourth-order valence-electron chi connectivity index (χ4n) is 0.307. The molecule has 0 aromatic carbocycles. The monoisotopic (exact) mass is 189 g/mol. The maximum Gasteiger partial charge on any atom is 0.334 e. The minimum absolute atomic E-state index is 0.280. The average molecular weight is 189 g/mol. The first-order valence-corrected chi connectivity index (χ1v) is 5.68. The summed E-state index contributed by atoms with van der Waals surface area (Å²) in [4.78, 5) is 16.5. The molecule has 0 aliphatic carbocycles. The van der Waals surface area contributed by atoms with E-state index in [0.717, 1.165) is 0 Å². The van der Waals surface area contributed by atoms with E-state index in [0.29, 0.717) is 0 Å². The van der Waals surface area contributed by atoms with Gasteiger partial charge >= 0.3 is 7.60 Å². The molecular formula is C2H9NO5P2. The van der Waals surface area contributed by atoms with Gasteiger partial charge in [-0.15, -0.1) is 0 Å². The highest BCUT2D eigenvalue weighted by Crippen LogP contribution is 2.44. The lowest BCUT2D eigenvalue weighted by atomic mass is 11.4. The quantitative estimate of drug-likeness (QED) is 0.407. The van der Waals surface area contributed by atoms with Crippen molar-refractivity contribution in [1.82, 2.24) is 0 Å². The molecule has 1 unspecified atom stereocenters. The smallest absolute Gasteiger partial charge is 0.324 e. The van der Waals surface area contributed by atoms with E-state index >= 15 is 0 Å². The Labute approximate surface area is 58.4 Å². The largest absolute Gasteiger partial charge is 0.334 e. The summed E-state index contributed by atoms with van der Waals surface area (Å²) in [5.41, 5.74) is 4.80. The molecule has 8 heteroatoms. The molecule has 0 bridgehead atoms. The summed E-state index contributed by atoms with van der Waals surface area (Å²) >= 11 is 0. The molecule has 0 amide bonds. The number of hydrogen-bond acceptors (Lipinski definition) is 4. The molecule has 0 saturated heterocycles. The van der Waals surface area contributed by atoms with Crippen LogP contribution >= 0.6 is 15.6 Å². The third-order valence-corrected chi connectivity index (χ3v) is 3.75. The molecule has 4 N–H and O–H groups in total. The van der Waals surface area contributed by atoms with Crippen LogP contribution in [0, 0.1) is 0 Å². The summed E-state index contributed by atoms with van der Waals surface area (Å²) in [6.07, 6.45) is 0. The van der Waals surface area contributed by atoms with Gasteiger partial charge < -0.3 is 20.0 Å².